The van der Waals surface area contributed by atoms with Gasteiger partial charge in [0.25, 0.3) is 0 Å². The number of ether oxygens (including phenoxy) is 1. The highest BCUT2D eigenvalue weighted by Gasteiger charge is 2.27. The molecule has 2 aliphatic heterocycles. The van der Waals surface area contributed by atoms with Crippen LogP contribution in [0.25, 0.3) is 0 Å². The van der Waals surface area contributed by atoms with Crippen LogP contribution in [0.15, 0.2) is 12.1 Å². The zero-order chi connectivity index (χ0) is 17.1. The normalized spacial score (nSPS) is 22.5. The number of nitrogens with zero attached hydrogens (tertiary/aromatic N) is 1. The number of nitrogens with one attached hydrogen (secondary N) is 2. The van der Waals surface area contributed by atoms with Crippen molar-refractivity contribution in [3.8, 4) is 0 Å². The first-order chi connectivity index (χ1) is 11.5. The Labute approximate surface area is 148 Å². The van der Waals surface area contributed by atoms with Crippen molar-refractivity contribution in [1.82, 2.24) is 4.90 Å². The molecule has 0 bridgehead atoms. The second-order valence-corrected chi connectivity index (χ2v) is 7.18. The second-order valence-electron chi connectivity index (χ2n) is 6.77. The summed E-state index contributed by atoms with van der Waals surface area (Å²) < 4.78 is 5.45. The van der Waals surface area contributed by atoms with Gasteiger partial charge in [-0.3, -0.25) is 0 Å². The van der Waals surface area contributed by atoms with Gasteiger partial charge < -0.3 is 31.0 Å². The Morgan fingerprint density at radius 1 is 1.25 bits per heavy atom. The number of nitrogens with two attached hydrogens (primary N) is 1. The number of hydroxylamine groups is 1. The minimum absolute atomic E-state index is 0.000887. The van der Waals surface area contributed by atoms with Crippen molar-refractivity contribution in [2.45, 2.75) is 37.8 Å². The van der Waals surface area contributed by atoms with Crippen molar-refractivity contribution < 1.29 is 9.80 Å². The standard InChI is InChI=1S/C17H27ClN4O2/c1-21(23)17-10-14(18)15(19)11-16(17)20-12-2-6-22(7-3-12)13-4-8-24-9-5-13/h10-13,20-21H,2-9,19H2,1H3. The molecule has 2 fully saturated rings. The fraction of sp³-hybridized carbons (Fsp3) is 0.647. The Hall–Kier alpha value is -1.05. The van der Waals surface area contributed by atoms with E-state index in [2.05, 4.69) is 10.2 Å². The molecule has 24 heavy (non-hydrogen) atoms. The van der Waals surface area contributed by atoms with Gasteiger partial charge in [0, 0.05) is 44.5 Å². The molecule has 2 heterocycles. The molecule has 3 rings (SSSR count). The van der Waals surface area contributed by atoms with Crippen LogP contribution < -0.4 is 16.1 Å². The van der Waals surface area contributed by atoms with E-state index in [1.54, 1.807) is 19.2 Å². The van der Waals surface area contributed by atoms with Crippen molar-refractivity contribution in [2.75, 3.05) is 44.4 Å². The summed E-state index contributed by atoms with van der Waals surface area (Å²) in [6, 6.07) is 4.47. The molecule has 6 nitrogen and oxygen atoms in total. The predicted octanol–water partition coefficient (Wildman–Crippen LogP) is 1.62. The van der Waals surface area contributed by atoms with Gasteiger partial charge in [-0.25, -0.2) is 0 Å². The number of hydrogen-bond donors (Lipinski definition) is 3. The molecule has 0 aromatic heterocycles. The Morgan fingerprint density at radius 3 is 2.54 bits per heavy atom. The van der Waals surface area contributed by atoms with Gasteiger partial charge in [0.1, 0.15) is 0 Å². The maximum Gasteiger partial charge on any atom is 0.156 e. The SMILES string of the molecule is C[NH+]([O-])c1cc(Cl)c(N)cc1NC1CCN(C2CCOCC2)CC1. The number of benzene rings is 1. The topological polar surface area (TPSA) is 78.0 Å². The largest absolute Gasteiger partial charge is 0.629 e. The van der Waals surface area contributed by atoms with E-state index >= 15 is 0 Å². The van der Waals surface area contributed by atoms with Crippen LogP contribution in [0.2, 0.25) is 5.02 Å². The van der Waals surface area contributed by atoms with E-state index in [1.165, 1.54) is 0 Å². The van der Waals surface area contributed by atoms with E-state index in [-0.39, 0.29) is 5.06 Å². The molecule has 0 saturated carbocycles. The van der Waals surface area contributed by atoms with Gasteiger partial charge in [0.2, 0.25) is 0 Å². The summed E-state index contributed by atoms with van der Waals surface area (Å²) in [5.74, 6) is 0. The molecule has 1 atom stereocenters. The molecule has 1 aromatic rings. The van der Waals surface area contributed by atoms with Crippen LogP contribution in [0, 0.1) is 5.21 Å². The Kier molecular flexibility index (Phi) is 5.84. The molecular formula is C17H27ClN4O2. The van der Waals surface area contributed by atoms with Gasteiger partial charge in [-0.15, -0.1) is 0 Å². The number of anilines is 2. The molecule has 0 amide bonds. The Balaban J connectivity index is 1.60. The van der Waals surface area contributed by atoms with Gasteiger partial charge in [-0.2, -0.15) is 0 Å². The van der Waals surface area contributed by atoms with Crippen molar-refractivity contribution in [2.24, 2.45) is 0 Å². The van der Waals surface area contributed by atoms with Crippen molar-refractivity contribution in [3.05, 3.63) is 22.4 Å². The summed E-state index contributed by atoms with van der Waals surface area (Å²) in [6.07, 6.45) is 4.41. The highest BCUT2D eigenvalue weighted by Crippen LogP contribution is 2.30. The number of quaternary nitrogens is 1. The van der Waals surface area contributed by atoms with Crippen LogP contribution in [0.1, 0.15) is 25.7 Å². The van der Waals surface area contributed by atoms with Crippen LogP contribution in [0.4, 0.5) is 17.1 Å². The predicted molar refractivity (Wildman–Crippen MR) is 97.8 cm³/mol. The van der Waals surface area contributed by atoms with Crippen molar-refractivity contribution >= 4 is 28.7 Å². The van der Waals surface area contributed by atoms with Crippen LogP contribution in [-0.4, -0.2) is 50.3 Å². The lowest BCUT2D eigenvalue weighted by Gasteiger charge is -2.39. The Morgan fingerprint density at radius 2 is 1.92 bits per heavy atom. The first-order valence-electron chi connectivity index (χ1n) is 8.73. The summed E-state index contributed by atoms with van der Waals surface area (Å²) in [6.45, 7) is 3.94. The highest BCUT2D eigenvalue weighted by atomic mass is 35.5. The molecular weight excluding hydrogens is 328 g/mol. The molecule has 2 aliphatic rings. The zero-order valence-corrected chi connectivity index (χ0v) is 14.9. The molecule has 0 radical (unpaired) electrons. The summed E-state index contributed by atoms with van der Waals surface area (Å²) in [7, 11) is 1.56. The summed E-state index contributed by atoms with van der Waals surface area (Å²) in [5.41, 5.74) is 7.83. The third-order valence-electron chi connectivity index (χ3n) is 5.11. The van der Waals surface area contributed by atoms with Gasteiger partial charge in [-0.05, 0) is 31.7 Å². The number of halogens is 1. The maximum atomic E-state index is 11.9. The Bertz CT molecular complexity index is 556. The number of rotatable bonds is 4. The van der Waals surface area contributed by atoms with E-state index in [0.717, 1.165) is 57.7 Å². The molecule has 7 heteroatoms. The van der Waals surface area contributed by atoms with Crippen molar-refractivity contribution in [1.29, 1.82) is 0 Å². The fourth-order valence-electron chi connectivity index (χ4n) is 3.68. The third-order valence-corrected chi connectivity index (χ3v) is 5.44. The van der Waals surface area contributed by atoms with Gasteiger partial charge >= 0.3 is 0 Å². The average Bonchev–Trinajstić information content (AvgIpc) is 2.59. The second kappa shape index (κ2) is 7.89. The molecule has 0 aliphatic carbocycles. The summed E-state index contributed by atoms with van der Waals surface area (Å²) >= 11 is 6.06. The van der Waals surface area contributed by atoms with Crippen LogP contribution in [0.3, 0.4) is 0 Å². The molecule has 1 unspecified atom stereocenters. The monoisotopic (exact) mass is 354 g/mol. The lowest BCUT2D eigenvalue weighted by Crippen LogP contribution is -2.98. The fourth-order valence-corrected chi connectivity index (χ4v) is 3.84. The first-order valence-corrected chi connectivity index (χ1v) is 9.10. The lowest BCUT2D eigenvalue weighted by molar-refractivity contribution is -0.750. The molecule has 1 aromatic carbocycles. The van der Waals surface area contributed by atoms with Crippen LogP contribution in [0.5, 0.6) is 0 Å². The van der Waals surface area contributed by atoms with Gasteiger partial charge in [0.15, 0.2) is 5.69 Å². The number of nitrogen functional groups attached to an aromatic ring is 1. The van der Waals surface area contributed by atoms with Crippen LogP contribution in [-0.2, 0) is 4.74 Å². The van der Waals surface area contributed by atoms with Crippen LogP contribution >= 0.6 is 11.6 Å². The van der Waals surface area contributed by atoms with E-state index < -0.39 is 0 Å². The number of hydrogen-bond acceptors (Lipinski definition) is 5. The molecule has 4 N–H and O–H groups in total. The summed E-state index contributed by atoms with van der Waals surface area (Å²) in [4.78, 5) is 2.59. The smallest absolute Gasteiger partial charge is 0.156 e. The van der Waals surface area contributed by atoms with Gasteiger partial charge in [0.05, 0.1) is 23.4 Å². The number of piperidine rings is 1. The van der Waals surface area contributed by atoms with E-state index in [9.17, 15) is 5.21 Å². The van der Waals surface area contributed by atoms with Gasteiger partial charge in [-0.1, -0.05) is 11.6 Å². The zero-order valence-electron chi connectivity index (χ0n) is 14.2. The van der Waals surface area contributed by atoms with E-state index in [4.69, 9.17) is 22.1 Å². The quantitative estimate of drug-likeness (QED) is 0.565. The molecule has 2 saturated heterocycles. The average molecular weight is 355 g/mol. The minimum Gasteiger partial charge on any atom is -0.629 e. The summed E-state index contributed by atoms with van der Waals surface area (Å²) in [5, 5.41) is 15.8. The molecule has 134 valence electrons. The van der Waals surface area contributed by atoms with Crippen molar-refractivity contribution in [3.63, 3.8) is 0 Å². The van der Waals surface area contributed by atoms with E-state index in [0.29, 0.717) is 28.5 Å². The highest BCUT2D eigenvalue weighted by molar-refractivity contribution is 6.33. The number of likely N-dealkylation sites (tertiary alicyclic amines) is 1. The van der Waals surface area contributed by atoms with E-state index in [1.807, 2.05) is 0 Å². The third kappa shape index (κ3) is 4.13. The maximum absolute atomic E-state index is 11.9. The minimum atomic E-state index is -0.000887. The lowest BCUT2D eigenvalue weighted by atomic mass is 9.99. The molecule has 0 spiro atoms. The first kappa shape index (κ1) is 17.8.